The van der Waals surface area contributed by atoms with Crippen LogP contribution in [0.1, 0.15) is 0 Å². The number of hydrogen-bond acceptors (Lipinski definition) is 2. The molecule has 0 aromatic carbocycles. The van der Waals surface area contributed by atoms with E-state index in [0.717, 1.165) is 25.8 Å². The minimum absolute atomic E-state index is 0.730. The first-order chi connectivity index (χ1) is 3.91. The molecule has 48 valence electrons. The molecule has 8 heavy (non-hydrogen) atoms. The number of hydrogen-bond donors (Lipinski definition) is 2. The summed E-state index contributed by atoms with van der Waals surface area (Å²) in [5.41, 5.74) is 5.23. The van der Waals surface area contributed by atoms with Crippen LogP contribution in [0.25, 0.3) is 0 Å². The molecule has 0 saturated heterocycles. The van der Waals surface area contributed by atoms with E-state index < -0.39 is 0 Å². The highest BCUT2D eigenvalue weighted by Crippen LogP contribution is 1.83. The van der Waals surface area contributed by atoms with Gasteiger partial charge in [0.1, 0.15) is 0 Å². The van der Waals surface area contributed by atoms with Crippen molar-refractivity contribution in [2.75, 3.05) is 25.8 Å². The van der Waals surface area contributed by atoms with Crippen LogP contribution in [0.15, 0.2) is 0 Å². The van der Waals surface area contributed by atoms with E-state index in [1.54, 1.807) is 0 Å². The Morgan fingerprint density at radius 3 is 2.75 bits per heavy atom. The van der Waals surface area contributed by atoms with Gasteiger partial charge in [-0.1, -0.05) is 6.30 Å². The summed E-state index contributed by atoms with van der Waals surface area (Å²) in [5.74, 6) is 0. The summed E-state index contributed by atoms with van der Waals surface area (Å²) in [5, 5.41) is 3.16. The third-order valence-corrected chi connectivity index (χ3v) is 1.31. The van der Waals surface area contributed by atoms with Crippen molar-refractivity contribution in [1.29, 1.82) is 0 Å². The standard InChI is InChI=1S/C5H13N2P/c1-8-5-4-7-3-2-6/h7H,1-6H2. The van der Waals surface area contributed by atoms with Crippen molar-refractivity contribution >= 4 is 14.5 Å². The maximum absolute atomic E-state index is 5.23. The summed E-state index contributed by atoms with van der Waals surface area (Å²) >= 11 is 0. The lowest BCUT2D eigenvalue weighted by molar-refractivity contribution is 0.729. The Morgan fingerprint density at radius 2 is 2.25 bits per heavy atom. The summed E-state index contributed by atoms with van der Waals surface area (Å²) in [6.45, 7) is 2.70. The second-order valence-corrected chi connectivity index (χ2v) is 2.38. The van der Waals surface area contributed by atoms with Crippen LogP contribution < -0.4 is 11.1 Å². The Kier molecular flexibility index (Phi) is 7.17. The molecule has 0 aromatic rings. The maximum atomic E-state index is 5.23. The third-order valence-electron chi connectivity index (χ3n) is 0.768. The van der Waals surface area contributed by atoms with Crippen LogP contribution in [0.3, 0.4) is 0 Å². The van der Waals surface area contributed by atoms with Gasteiger partial charge in [-0.05, 0) is 0 Å². The molecule has 3 N–H and O–H groups in total. The Hall–Kier alpha value is 0.0900. The Bertz CT molecular complexity index is 56.4. The third kappa shape index (κ3) is 6.09. The van der Waals surface area contributed by atoms with E-state index in [9.17, 15) is 0 Å². The fourth-order valence-electron chi connectivity index (χ4n) is 0.385. The summed E-state index contributed by atoms with van der Waals surface area (Å²) < 4.78 is 0. The van der Waals surface area contributed by atoms with Crippen LogP contribution >= 0.6 is 8.20 Å². The molecule has 3 heteroatoms. The van der Waals surface area contributed by atoms with E-state index in [4.69, 9.17) is 5.73 Å². The van der Waals surface area contributed by atoms with Gasteiger partial charge in [0.15, 0.2) is 0 Å². The molecule has 0 atom stereocenters. The first-order valence-electron chi connectivity index (χ1n) is 2.75. The quantitative estimate of drug-likeness (QED) is 0.405. The van der Waals surface area contributed by atoms with Gasteiger partial charge >= 0.3 is 0 Å². The summed E-state index contributed by atoms with van der Waals surface area (Å²) in [7, 11) is 1.21. The van der Waals surface area contributed by atoms with Crippen LogP contribution in [0.5, 0.6) is 0 Å². The molecule has 0 aromatic heterocycles. The SMILES string of the molecule is C=PCCNCCN. The molecule has 0 unspecified atom stereocenters. The van der Waals surface area contributed by atoms with E-state index in [1.165, 1.54) is 8.20 Å². The first-order valence-corrected chi connectivity index (χ1v) is 4.01. The molecule has 0 spiro atoms. The van der Waals surface area contributed by atoms with Crippen molar-refractivity contribution in [2.24, 2.45) is 5.73 Å². The van der Waals surface area contributed by atoms with Gasteiger partial charge in [-0.2, -0.15) is 0 Å². The van der Waals surface area contributed by atoms with Crippen molar-refractivity contribution in [3.8, 4) is 0 Å². The lowest BCUT2D eigenvalue weighted by Gasteiger charge is -1.96. The van der Waals surface area contributed by atoms with E-state index in [0.29, 0.717) is 0 Å². The molecule has 0 amide bonds. The summed E-state index contributed by atoms with van der Waals surface area (Å²) in [6.07, 6.45) is 4.81. The van der Waals surface area contributed by atoms with Crippen molar-refractivity contribution in [2.45, 2.75) is 0 Å². The number of nitrogens with one attached hydrogen (secondary N) is 1. The summed E-state index contributed by atoms with van der Waals surface area (Å²) in [6, 6.07) is 0. The zero-order chi connectivity index (χ0) is 6.24. The normalized spacial score (nSPS) is 10.1. The van der Waals surface area contributed by atoms with Crippen LogP contribution in [0.4, 0.5) is 0 Å². The fourth-order valence-corrected chi connectivity index (χ4v) is 0.701. The molecule has 0 aliphatic rings. The second-order valence-electron chi connectivity index (χ2n) is 1.49. The molecule has 0 aliphatic carbocycles. The highest BCUT2D eigenvalue weighted by Gasteiger charge is 1.78. The van der Waals surface area contributed by atoms with E-state index in [1.807, 2.05) is 0 Å². The zero-order valence-corrected chi connectivity index (χ0v) is 5.95. The van der Waals surface area contributed by atoms with Gasteiger partial charge in [-0.3, -0.25) is 0 Å². The van der Waals surface area contributed by atoms with Crippen molar-refractivity contribution in [3.63, 3.8) is 0 Å². The molecule has 0 bridgehead atoms. The smallest absolute Gasteiger partial charge is 0.00747 e. The molecular formula is C5H13N2P. The van der Waals surface area contributed by atoms with Crippen molar-refractivity contribution in [1.82, 2.24) is 5.32 Å². The van der Waals surface area contributed by atoms with Crippen LogP contribution in [-0.2, 0) is 0 Å². The van der Waals surface area contributed by atoms with Crippen LogP contribution in [0.2, 0.25) is 0 Å². The molecule has 0 saturated carbocycles. The van der Waals surface area contributed by atoms with Gasteiger partial charge in [0.05, 0.1) is 0 Å². The summed E-state index contributed by atoms with van der Waals surface area (Å²) in [4.78, 5) is 0. The zero-order valence-electron chi connectivity index (χ0n) is 5.06. The lowest BCUT2D eigenvalue weighted by atomic mass is 10.6. The minimum Gasteiger partial charge on any atom is -0.329 e. The van der Waals surface area contributed by atoms with Gasteiger partial charge < -0.3 is 11.1 Å². The van der Waals surface area contributed by atoms with Gasteiger partial charge in [0.2, 0.25) is 0 Å². The molecule has 0 fully saturated rings. The van der Waals surface area contributed by atoms with E-state index in [2.05, 4.69) is 11.6 Å². The van der Waals surface area contributed by atoms with E-state index in [-0.39, 0.29) is 0 Å². The monoisotopic (exact) mass is 132 g/mol. The number of nitrogens with two attached hydrogens (primary N) is 1. The largest absolute Gasteiger partial charge is 0.329 e. The Morgan fingerprint density at radius 1 is 1.50 bits per heavy atom. The first kappa shape index (κ1) is 8.09. The van der Waals surface area contributed by atoms with Gasteiger partial charge in [-0.15, -0.1) is 8.20 Å². The van der Waals surface area contributed by atoms with E-state index >= 15 is 0 Å². The predicted octanol–water partition coefficient (Wildman–Crippen LogP) is -0.0871. The van der Waals surface area contributed by atoms with Gasteiger partial charge in [0, 0.05) is 25.8 Å². The maximum Gasteiger partial charge on any atom is 0.00747 e. The van der Waals surface area contributed by atoms with Gasteiger partial charge in [0.25, 0.3) is 0 Å². The molecular weight excluding hydrogens is 119 g/mol. The lowest BCUT2D eigenvalue weighted by Crippen LogP contribution is -2.23. The molecule has 0 aliphatic heterocycles. The Balaban J connectivity index is 2.62. The highest BCUT2D eigenvalue weighted by molar-refractivity contribution is 7.36. The van der Waals surface area contributed by atoms with Crippen molar-refractivity contribution in [3.05, 3.63) is 0 Å². The predicted molar refractivity (Wildman–Crippen MR) is 40.8 cm³/mol. The highest BCUT2D eigenvalue weighted by atomic mass is 31.1. The van der Waals surface area contributed by atoms with Crippen LogP contribution in [-0.4, -0.2) is 32.1 Å². The molecule has 0 radical (unpaired) electrons. The Labute approximate surface area is 52.3 Å². The van der Waals surface area contributed by atoms with Crippen molar-refractivity contribution < 1.29 is 0 Å². The molecule has 2 nitrogen and oxygen atoms in total. The average Bonchev–Trinajstić information content (AvgIpc) is 1.81. The second kappa shape index (κ2) is 7.09. The van der Waals surface area contributed by atoms with Gasteiger partial charge in [-0.25, -0.2) is 0 Å². The molecule has 0 rings (SSSR count). The number of rotatable bonds is 5. The molecule has 0 heterocycles. The average molecular weight is 132 g/mol. The van der Waals surface area contributed by atoms with Crippen LogP contribution in [0, 0.1) is 0 Å². The topological polar surface area (TPSA) is 38.0 Å². The fraction of sp³-hybridized carbons (Fsp3) is 0.800. The minimum atomic E-state index is 0.730.